The summed E-state index contributed by atoms with van der Waals surface area (Å²) in [6, 6.07) is 16.7. The second-order valence-electron chi connectivity index (χ2n) is 26.9. The van der Waals surface area contributed by atoms with Gasteiger partial charge in [0.2, 0.25) is 11.8 Å². The quantitative estimate of drug-likeness (QED) is 0.0380. The van der Waals surface area contributed by atoms with Gasteiger partial charge >= 0.3 is 7.12 Å². The molecule has 86 heavy (non-hydrogen) atoms. The number of anilines is 1. The maximum atomic E-state index is 14.0. The van der Waals surface area contributed by atoms with Gasteiger partial charge in [-0.1, -0.05) is 63.2 Å². The minimum atomic E-state index is -1.53. The first-order chi connectivity index (χ1) is 40.5. The molecule has 4 saturated carbocycles. The average molecular weight is 1100 g/mol. The normalized spacial score (nSPS) is 23.4. The number of nitrogens with one attached hydrogen (secondary N) is 2. The van der Waals surface area contributed by atoms with E-state index in [1.165, 1.54) is 52.0 Å². The van der Waals surface area contributed by atoms with Gasteiger partial charge < -0.3 is 35.6 Å². The van der Waals surface area contributed by atoms with Crippen molar-refractivity contribution in [3.63, 3.8) is 0 Å². The topological polar surface area (TPSA) is 125 Å². The number of aliphatic hydroxyl groups excluding tert-OH is 1. The van der Waals surface area contributed by atoms with Crippen molar-refractivity contribution in [1.82, 2.24) is 15.5 Å². The smallest absolute Gasteiger partial charge is 0.423 e. The molecular formula is C47H73B30N4O5. The van der Waals surface area contributed by atoms with Gasteiger partial charge in [0.15, 0.2) is 0 Å². The maximum absolute atomic E-state index is 14.0. The molecule has 5 N–H and O–H groups in total. The Morgan fingerprint density at radius 1 is 0.674 bits per heavy atom. The van der Waals surface area contributed by atoms with Crippen LogP contribution in [0.4, 0.5) is 5.69 Å². The van der Waals surface area contributed by atoms with Crippen molar-refractivity contribution < 1.29 is 24.7 Å². The number of rotatable bonds is 31. The zero-order valence-electron chi connectivity index (χ0n) is 52.4. The van der Waals surface area contributed by atoms with Crippen LogP contribution in [0.15, 0.2) is 54.6 Å². The van der Waals surface area contributed by atoms with Gasteiger partial charge in [0.1, 0.15) is 0 Å². The number of fused-ring (bicyclic) bond motifs is 5. The van der Waals surface area contributed by atoms with Gasteiger partial charge in [-0.05, 0) is 167 Å². The van der Waals surface area contributed by atoms with Crippen LogP contribution in [0.5, 0.6) is 0 Å². The fraction of sp³-hybridized carbons (Fsp3) is 0.702. The lowest BCUT2D eigenvalue weighted by Crippen LogP contribution is -2.87. The highest BCUT2D eigenvalue weighted by Gasteiger charge is 2.61. The molecule has 4 fully saturated rings. The Bertz CT molecular complexity index is 2310. The molecule has 0 bridgehead atoms. The molecule has 0 spiro atoms. The molecule has 0 heterocycles. The molecule has 10 atom stereocenters. The maximum Gasteiger partial charge on any atom is 0.488 e. The Morgan fingerprint density at radius 3 is 1.79 bits per heavy atom. The molecule has 401 valence electrons. The molecule has 39 heteroatoms. The van der Waals surface area contributed by atoms with Crippen LogP contribution in [0.25, 0.3) is 0 Å². The van der Waals surface area contributed by atoms with E-state index in [0.717, 1.165) is 61.1 Å². The van der Waals surface area contributed by atoms with Gasteiger partial charge in [-0.15, -0.1) is 0 Å². The summed E-state index contributed by atoms with van der Waals surface area (Å²) >= 11 is 0. The van der Waals surface area contributed by atoms with E-state index in [-0.39, 0.29) is 24.0 Å². The lowest BCUT2D eigenvalue weighted by Gasteiger charge is -2.61. The van der Waals surface area contributed by atoms with Crippen molar-refractivity contribution >= 4 is 236 Å². The van der Waals surface area contributed by atoms with Gasteiger partial charge in [-0.25, -0.2) is 0 Å². The van der Waals surface area contributed by atoms with E-state index < -0.39 is 90.1 Å². The highest BCUT2D eigenvalue weighted by Crippen LogP contribution is 2.68. The molecule has 2 aromatic rings. The third-order valence-electron chi connectivity index (χ3n) is 21.5. The zero-order valence-corrected chi connectivity index (χ0v) is 52.4. The van der Waals surface area contributed by atoms with Crippen molar-refractivity contribution in [2.45, 2.75) is 129 Å². The van der Waals surface area contributed by atoms with E-state index in [4.69, 9.17) is 116 Å². The van der Waals surface area contributed by atoms with E-state index in [2.05, 4.69) is 36.3 Å². The summed E-state index contributed by atoms with van der Waals surface area (Å²) in [6.07, 6.45) is 3.08. The largest absolute Gasteiger partial charge is 0.488 e. The van der Waals surface area contributed by atoms with Gasteiger partial charge in [0.25, 0.3) is 0 Å². The first-order valence-electron chi connectivity index (χ1n) is 31.8. The second kappa shape index (κ2) is 35.4. The number of para-hydroxylation sites is 1. The van der Waals surface area contributed by atoms with Crippen LogP contribution in [-0.4, -0.2) is 291 Å². The molecule has 0 aliphatic heterocycles. The number of carbonyl (C=O) groups is 2. The van der Waals surface area contributed by atoms with Crippen LogP contribution in [0, 0.1) is 46.3 Å². The zero-order chi connectivity index (χ0) is 64.0. The number of aliphatic hydroxyl groups is 1. The van der Waals surface area contributed by atoms with Crippen molar-refractivity contribution in [3.8, 4) is 0 Å². The van der Waals surface area contributed by atoms with Crippen molar-refractivity contribution in [1.29, 1.82) is 0 Å². The molecule has 0 aromatic heterocycles. The van der Waals surface area contributed by atoms with Crippen molar-refractivity contribution in [2.75, 3.05) is 38.6 Å². The molecule has 2 aromatic carbocycles. The molecule has 4 aliphatic rings. The SMILES string of the molecule is CNC(CCCCNC(=O)CCC(C)C1CCC2C3CC[C@H]4C[C@@H](O)CC[C@@]4(C)C3CC[C@@]12C)C(=O)N(CCN(C)Cc1ccccc1B(O)O)c1ccccc1.[B][B]B(B([B])[B])B(B(B([B])[B])B([B])[B])B(B(B([B])[B])B([B])[B])B(B([B])[B])B([B])[B]. The van der Waals surface area contributed by atoms with Crippen LogP contribution in [-0.2, 0) is 16.1 Å². The van der Waals surface area contributed by atoms with Gasteiger partial charge in [0.05, 0.1) is 12.1 Å². The fourth-order valence-corrected chi connectivity index (χ4v) is 17.0. The summed E-state index contributed by atoms with van der Waals surface area (Å²) in [5.41, 5.74) is 2.98. The minimum absolute atomic E-state index is 0.0216. The number of likely N-dealkylation sites (N-methyl/N-ethyl adjacent to an activating group) is 2. The lowest BCUT2D eigenvalue weighted by atomic mass is 8.32. The predicted molar refractivity (Wildman–Crippen MR) is 398 cm³/mol. The first-order valence-corrected chi connectivity index (χ1v) is 31.8. The second-order valence-corrected chi connectivity index (χ2v) is 26.9. The molecule has 4 aliphatic carbocycles. The number of hydrogen-bond acceptors (Lipinski definition) is 7. The van der Waals surface area contributed by atoms with Crippen LogP contribution < -0.4 is 21.0 Å². The Hall–Kier alpha value is -0.872. The Morgan fingerprint density at radius 2 is 1.23 bits per heavy atom. The molecule has 0 saturated heterocycles. The van der Waals surface area contributed by atoms with E-state index in [0.29, 0.717) is 73.1 Å². The van der Waals surface area contributed by atoms with E-state index in [1.807, 2.05) is 61.5 Å². The molecule has 31 radical (unpaired) electrons. The van der Waals surface area contributed by atoms with E-state index >= 15 is 0 Å². The molecule has 2 amide bonds. The number of nitrogens with zero attached hydrogens (tertiary/aromatic N) is 2. The highest BCUT2D eigenvalue weighted by molar-refractivity contribution is 8.26. The lowest BCUT2D eigenvalue weighted by molar-refractivity contribution is -0.129. The number of unbranched alkanes of at least 4 members (excludes halogenated alkanes) is 1. The third-order valence-corrected chi connectivity index (χ3v) is 21.5. The predicted octanol–water partition coefficient (Wildman–Crippen LogP) is -4.90. The van der Waals surface area contributed by atoms with Crippen LogP contribution in [0.3, 0.4) is 0 Å². The average Bonchev–Trinajstić information content (AvgIpc) is 1.43. The summed E-state index contributed by atoms with van der Waals surface area (Å²) in [4.78, 5) is 31.0. The van der Waals surface area contributed by atoms with E-state index in [9.17, 15) is 24.7 Å². The van der Waals surface area contributed by atoms with Gasteiger partial charge in [0, 0.05) is 244 Å². The molecule has 9 nitrogen and oxygen atoms in total. The summed E-state index contributed by atoms with van der Waals surface area (Å²) in [5, 5.41) is 36.5. The van der Waals surface area contributed by atoms with Crippen molar-refractivity contribution in [2.24, 2.45) is 46.3 Å². The summed E-state index contributed by atoms with van der Waals surface area (Å²) < 4.78 is 0. The van der Waals surface area contributed by atoms with E-state index in [1.54, 1.807) is 12.1 Å². The van der Waals surface area contributed by atoms with Crippen LogP contribution in [0.2, 0.25) is 0 Å². The number of carbonyl (C=O) groups excluding carboxylic acids is 2. The summed E-state index contributed by atoms with van der Waals surface area (Å²) in [5.74, 6) is 4.58. The summed E-state index contributed by atoms with van der Waals surface area (Å²) in [6.45, 7) is 9.83. The monoisotopic (exact) mass is 1100 g/mol. The fourth-order valence-electron chi connectivity index (χ4n) is 17.0. The Balaban J connectivity index is 0.000000394. The van der Waals surface area contributed by atoms with Gasteiger partial charge in [-0.3, -0.25) is 9.59 Å². The molecule has 6 rings (SSSR count). The highest BCUT2D eigenvalue weighted by atomic mass is 16.4. The number of hydrogen-bond donors (Lipinski definition) is 5. The Kier molecular flexibility index (Phi) is 31.2. The molecular weight excluding hydrogens is 1020 g/mol. The summed E-state index contributed by atoms with van der Waals surface area (Å²) in [7, 11) is 93.5. The number of amides is 2. The van der Waals surface area contributed by atoms with Crippen LogP contribution >= 0.6 is 0 Å². The Labute approximate surface area is 547 Å². The minimum Gasteiger partial charge on any atom is -0.423 e. The third kappa shape index (κ3) is 19.4. The number of benzene rings is 2. The first kappa shape index (κ1) is 75.8. The molecule has 6 unspecified atom stereocenters. The van der Waals surface area contributed by atoms with Crippen LogP contribution in [0.1, 0.15) is 116 Å². The van der Waals surface area contributed by atoms with Gasteiger partial charge in [-0.2, -0.15) is 0 Å². The standard InChI is InChI=1S/C47H73BN4O5.B29/c1-33(39-21-22-40-38-20-19-35-31-37(53)24-26-46(35,2)41(38)25-27-47(39,40)3)18-23-44(54)50-28-12-11-17-43(49-4)45(55)52(36-14-7-6-8-15-36)30-29-51(5)32-34-13-9-10-16-42(34)48(56)57;1-16-24(17(2)3)28(25(18(4)5)19(6)7)29(26(20(8)9)21(10)11)27(22(12)13)23(14)15/h6-10,13-16,33,35,37-41,43,49,53,56-57H,11-12,17-32H2,1-5H3,(H,50,54);/t33?,35-,37-,38?,39?,40?,41?,43?,46+,47-;/m0./s1. The van der Waals surface area contributed by atoms with Crippen molar-refractivity contribution in [3.05, 3.63) is 60.2 Å².